The van der Waals surface area contributed by atoms with Gasteiger partial charge in [0.25, 0.3) is 0 Å². The maximum absolute atomic E-state index is 13.1. The van der Waals surface area contributed by atoms with E-state index in [1.54, 1.807) is 0 Å². The van der Waals surface area contributed by atoms with Gasteiger partial charge in [0.05, 0.1) is 16.5 Å². The van der Waals surface area contributed by atoms with E-state index in [2.05, 4.69) is 0 Å². The van der Waals surface area contributed by atoms with Crippen molar-refractivity contribution in [2.75, 3.05) is 4.90 Å². The van der Waals surface area contributed by atoms with Gasteiger partial charge >= 0.3 is 0 Å². The fraction of sp³-hybridized carbons (Fsp3) is 0.263. The highest BCUT2D eigenvalue weighted by Gasteiger charge is 2.68. The second-order valence-electron chi connectivity index (χ2n) is 6.64. The van der Waals surface area contributed by atoms with Crippen LogP contribution in [0.15, 0.2) is 60.7 Å². The van der Waals surface area contributed by atoms with E-state index in [4.69, 9.17) is 0 Å². The third kappa shape index (κ3) is 1.56. The fourth-order valence-electron chi connectivity index (χ4n) is 4.06. The SMILES string of the molecule is CC12CC(c3ccccc3)(C1)C(=O)N(c1ccccc1)C2=O. The van der Waals surface area contributed by atoms with Crippen LogP contribution in [-0.4, -0.2) is 11.8 Å². The molecule has 2 saturated heterocycles. The highest BCUT2D eigenvalue weighted by Crippen LogP contribution is 2.61. The van der Waals surface area contributed by atoms with E-state index >= 15 is 0 Å². The molecule has 3 heteroatoms. The summed E-state index contributed by atoms with van der Waals surface area (Å²) in [7, 11) is 0. The lowest BCUT2D eigenvalue weighted by molar-refractivity contribution is -0.156. The third-order valence-corrected chi connectivity index (χ3v) is 5.06. The van der Waals surface area contributed by atoms with E-state index in [1.807, 2.05) is 67.6 Å². The molecule has 0 unspecified atom stereocenters. The first kappa shape index (κ1) is 13.3. The standard InChI is InChI=1S/C19H17NO2/c1-18-12-19(13-18,14-8-4-2-5-9-14)17(22)20(16(18)21)15-10-6-3-7-11-15/h2-11H,12-13H2,1H3. The average molecular weight is 291 g/mol. The lowest BCUT2D eigenvalue weighted by Crippen LogP contribution is -2.70. The molecule has 3 fully saturated rings. The number of imide groups is 1. The first-order valence-electron chi connectivity index (χ1n) is 7.56. The molecule has 5 rings (SSSR count). The number of piperidine rings is 2. The Bertz CT molecular complexity index is 746. The number of benzene rings is 2. The number of nitrogens with zero attached hydrogens (tertiary/aromatic N) is 1. The summed E-state index contributed by atoms with van der Waals surface area (Å²) in [6, 6.07) is 19.1. The van der Waals surface area contributed by atoms with Gasteiger partial charge in [-0.25, -0.2) is 4.90 Å². The molecule has 3 nitrogen and oxygen atoms in total. The number of rotatable bonds is 2. The molecule has 2 amide bonds. The topological polar surface area (TPSA) is 37.4 Å². The van der Waals surface area contributed by atoms with Gasteiger partial charge in [0.15, 0.2) is 0 Å². The van der Waals surface area contributed by atoms with Crippen LogP contribution in [0.25, 0.3) is 0 Å². The zero-order valence-corrected chi connectivity index (χ0v) is 12.5. The second kappa shape index (κ2) is 4.29. The first-order valence-corrected chi connectivity index (χ1v) is 7.56. The average Bonchev–Trinajstić information content (AvgIpc) is 2.52. The Hall–Kier alpha value is -2.42. The number of amides is 2. The summed E-state index contributed by atoms with van der Waals surface area (Å²) in [4.78, 5) is 27.3. The van der Waals surface area contributed by atoms with Gasteiger partial charge in [-0.15, -0.1) is 0 Å². The van der Waals surface area contributed by atoms with Crippen molar-refractivity contribution in [1.82, 2.24) is 0 Å². The molecule has 22 heavy (non-hydrogen) atoms. The summed E-state index contributed by atoms with van der Waals surface area (Å²) < 4.78 is 0. The Kier molecular flexibility index (Phi) is 2.59. The number of fused-ring (bicyclic) bond motifs is 2. The molecule has 0 aromatic heterocycles. The predicted octanol–water partition coefficient (Wildman–Crippen LogP) is 3.30. The largest absolute Gasteiger partial charge is 0.273 e. The molecular formula is C19H17NO2. The number of anilines is 1. The van der Waals surface area contributed by atoms with Crippen molar-refractivity contribution in [2.24, 2.45) is 5.41 Å². The smallest absolute Gasteiger partial charge is 0.244 e. The Balaban J connectivity index is 1.83. The van der Waals surface area contributed by atoms with E-state index in [1.165, 1.54) is 4.90 Å². The molecule has 110 valence electrons. The van der Waals surface area contributed by atoms with Gasteiger partial charge in [0, 0.05) is 0 Å². The zero-order valence-electron chi connectivity index (χ0n) is 12.5. The Morgan fingerprint density at radius 1 is 0.818 bits per heavy atom. The van der Waals surface area contributed by atoms with Gasteiger partial charge in [0.1, 0.15) is 0 Å². The van der Waals surface area contributed by atoms with Crippen LogP contribution in [0.5, 0.6) is 0 Å². The van der Waals surface area contributed by atoms with Crippen LogP contribution >= 0.6 is 0 Å². The first-order chi connectivity index (χ1) is 10.6. The van der Waals surface area contributed by atoms with Crippen molar-refractivity contribution in [3.63, 3.8) is 0 Å². The van der Waals surface area contributed by atoms with Crippen molar-refractivity contribution < 1.29 is 9.59 Å². The van der Waals surface area contributed by atoms with E-state index in [0.717, 1.165) is 5.56 Å². The Labute approximate surface area is 129 Å². The van der Waals surface area contributed by atoms with E-state index < -0.39 is 10.8 Å². The normalized spacial score (nSPS) is 30.1. The minimum Gasteiger partial charge on any atom is -0.273 e. The highest BCUT2D eigenvalue weighted by atomic mass is 16.2. The van der Waals surface area contributed by atoms with Crippen molar-refractivity contribution in [1.29, 1.82) is 0 Å². The van der Waals surface area contributed by atoms with Crippen molar-refractivity contribution in [2.45, 2.75) is 25.2 Å². The van der Waals surface area contributed by atoms with Crippen LogP contribution in [0.2, 0.25) is 0 Å². The number of para-hydroxylation sites is 1. The molecule has 0 radical (unpaired) electrons. The molecule has 1 aliphatic carbocycles. The monoisotopic (exact) mass is 291 g/mol. The predicted molar refractivity (Wildman–Crippen MR) is 84.4 cm³/mol. The molecule has 2 bridgehead atoms. The van der Waals surface area contributed by atoms with Gasteiger partial charge in [-0.2, -0.15) is 0 Å². The van der Waals surface area contributed by atoms with Gasteiger partial charge in [-0.1, -0.05) is 55.5 Å². The summed E-state index contributed by atoms with van der Waals surface area (Å²) in [6.45, 7) is 1.97. The van der Waals surface area contributed by atoms with Crippen LogP contribution in [0.4, 0.5) is 5.69 Å². The summed E-state index contributed by atoms with van der Waals surface area (Å²) in [5.74, 6) is -0.153. The quantitative estimate of drug-likeness (QED) is 0.796. The Morgan fingerprint density at radius 3 is 1.95 bits per heavy atom. The lowest BCUT2D eigenvalue weighted by Gasteiger charge is -2.59. The van der Waals surface area contributed by atoms with Crippen LogP contribution in [0.1, 0.15) is 25.3 Å². The summed E-state index contributed by atoms with van der Waals surface area (Å²) in [6.07, 6.45) is 1.23. The molecule has 0 N–H and O–H groups in total. The van der Waals surface area contributed by atoms with Crippen molar-refractivity contribution >= 4 is 17.5 Å². The van der Waals surface area contributed by atoms with Crippen LogP contribution < -0.4 is 4.90 Å². The fourth-order valence-corrected chi connectivity index (χ4v) is 4.06. The molecular weight excluding hydrogens is 274 g/mol. The maximum Gasteiger partial charge on any atom is 0.244 e. The van der Waals surface area contributed by atoms with Gasteiger partial charge in [-0.05, 0) is 30.5 Å². The molecule has 0 spiro atoms. The maximum atomic E-state index is 13.1. The third-order valence-electron chi connectivity index (χ3n) is 5.06. The molecule has 2 aromatic carbocycles. The van der Waals surface area contributed by atoms with Crippen molar-refractivity contribution in [3.8, 4) is 0 Å². The van der Waals surface area contributed by atoms with Crippen LogP contribution in [0, 0.1) is 5.41 Å². The highest BCUT2D eigenvalue weighted by molar-refractivity contribution is 6.24. The van der Waals surface area contributed by atoms with Crippen LogP contribution in [-0.2, 0) is 15.0 Å². The number of carbonyl (C=O) groups is 2. The summed E-state index contributed by atoms with van der Waals surface area (Å²) >= 11 is 0. The summed E-state index contributed by atoms with van der Waals surface area (Å²) in [5, 5.41) is 0. The number of carbonyl (C=O) groups excluding carboxylic acids is 2. The zero-order chi connectivity index (χ0) is 15.4. The molecule has 1 saturated carbocycles. The minimum atomic E-state index is -0.542. The summed E-state index contributed by atoms with van der Waals surface area (Å²) in [5.41, 5.74) is 0.716. The van der Waals surface area contributed by atoms with Gasteiger partial charge in [0.2, 0.25) is 11.8 Å². The second-order valence-corrected chi connectivity index (χ2v) is 6.64. The van der Waals surface area contributed by atoms with Crippen LogP contribution in [0.3, 0.4) is 0 Å². The molecule has 2 heterocycles. The van der Waals surface area contributed by atoms with E-state index in [0.29, 0.717) is 18.5 Å². The Morgan fingerprint density at radius 2 is 1.36 bits per heavy atom. The molecule has 0 atom stereocenters. The van der Waals surface area contributed by atoms with Gasteiger partial charge < -0.3 is 0 Å². The number of hydrogen-bond donors (Lipinski definition) is 0. The molecule has 2 aromatic rings. The van der Waals surface area contributed by atoms with E-state index in [9.17, 15) is 9.59 Å². The number of hydrogen-bond acceptors (Lipinski definition) is 2. The molecule has 3 aliphatic rings. The van der Waals surface area contributed by atoms with Gasteiger partial charge in [-0.3, -0.25) is 9.59 Å². The minimum absolute atomic E-state index is 0.0680. The lowest BCUT2D eigenvalue weighted by atomic mass is 9.47. The molecule has 2 aliphatic heterocycles. The van der Waals surface area contributed by atoms with E-state index in [-0.39, 0.29) is 11.8 Å². The van der Waals surface area contributed by atoms with Crippen molar-refractivity contribution in [3.05, 3.63) is 66.2 Å².